The van der Waals surface area contributed by atoms with Crippen molar-refractivity contribution in [3.63, 3.8) is 0 Å². The van der Waals surface area contributed by atoms with Crippen molar-refractivity contribution in [2.24, 2.45) is 7.05 Å². The van der Waals surface area contributed by atoms with Crippen LogP contribution >= 0.6 is 0 Å². The molecule has 1 unspecified atom stereocenters. The zero-order valence-electron chi connectivity index (χ0n) is 14.8. The molecule has 0 radical (unpaired) electrons. The third-order valence-electron chi connectivity index (χ3n) is 4.07. The lowest BCUT2D eigenvalue weighted by atomic mass is 10.1. The number of hydrogen-bond donors (Lipinski definition) is 0. The fraction of sp³-hybridized carbons (Fsp3) is 0.353. The van der Waals surface area contributed by atoms with Gasteiger partial charge in [0, 0.05) is 25.9 Å². The van der Waals surface area contributed by atoms with E-state index in [4.69, 9.17) is 0 Å². The largest absolute Gasteiger partial charge is 0.409 e. The van der Waals surface area contributed by atoms with Gasteiger partial charge in [0.1, 0.15) is 16.8 Å². The molecule has 2 aromatic rings. The summed E-state index contributed by atoms with van der Waals surface area (Å²) in [5.41, 5.74) is -0.853. The van der Waals surface area contributed by atoms with Crippen LogP contribution in [0, 0.1) is 12.7 Å². The Morgan fingerprint density at radius 3 is 2.22 bits per heavy atom. The monoisotopic (exact) mass is 406 g/mol. The lowest BCUT2D eigenvalue weighted by Gasteiger charge is -2.32. The summed E-state index contributed by atoms with van der Waals surface area (Å²) in [5, 5.41) is 0. The Hall–Kier alpha value is -2.20. The molecule has 1 heterocycles. The summed E-state index contributed by atoms with van der Waals surface area (Å²) in [4.78, 5) is 11.2. The zero-order chi connectivity index (χ0) is 20.6. The van der Waals surface area contributed by atoms with Gasteiger partial charge in [0.05, 0.1) is 0 Å². The molecule has 5 nitrogen and oxygen atoms in total. The Kier molecular flexibility index (Phi) is 5.81. The van der Waals surface area contributed by atoms with Crippen molar-refractivity contribution in [1.29, 1.82) is 0 Å². The van der Waals surface area contributed by atoms with Crippen molar-refractivity contribution in [1.82, 2.24) is 8.87 Å². The van der Waals surface area contributed by atoms with Gasteiger partial charge in [0.25, 0.3) is 5.56 Å². The van der Waals surface area contributed by atoms with Crippen LogP contribution in [-0.2, 0) is 17.1 Å². The predicted octanol–water partition coefficient (Wildman–Crippen LogP) is 3.15. The summed E-state index contributed by atoms with van der Waals surface area (Å²) in [7, 11) is -3.30. The maximum absolute atomic E-state index is 13.8. The Labute approximate surface area is 153 Å². The quantitative estimate of drug-likeness (QED) is 0.717. The summed E-state index contributed by atoms with van der Waals surface area (Å²) in [6, 6.07) is 2.03. The highest BCUT2D eigenvalue weighted by Crippen LogP contribution is 2.40. The molecule has 2 rings (SSSR count). The average molecular weight is 406 g/mol. The minimum Gasteiger partial charge on any atom is -0.317 e. The molecule has 0 aliphatic rings. The smallest absolute Gasteiger partial charge is 0.317 e. The minimum absolute atomic E-state index is 0.0385. The molecule has 1 aromatic carbocycles. The molecule has 0 amide bonds. The molecule has 27 heavy (non-hydrogen) atoms. The van der Waals surface area contributed by atoms with Crippen LogP contribution in [0.2, 0.25) is 0 Å². The van der Waals surface area contributed by atoms with E-state index in [9.17, 15) is 30.8 Å². The minimum atomic E-state index is -4.94. The van der Waals surface area contributed by atoms with E-state index in [1.807, 2.05) is 0 Å². The topological polar surface area (TPSA) is 59.4 Å². The highest BCUT2D eigenvalue weighted by molar-refractivity contribution is 7.89. The number of alkyl halides is 3. The second-order valence-electron chi connectivity index (χ2n) is 5.97. The van der Waals surface area contributed by atoms with E-state index < -0.39 is 50.6 Å². The van der Waals surface area contributed by atoms with E-state index in [1.165, 1.54) is 20.9 Å². The van der Waals surface area contributed by atoms with Gasteiger partial charge in [-0.3, -0.25) is 4.79 Å². The second kappa shape index (κ2) is 7.43. The van der Waals surface area contributed by atoms with Gasteiger partial charge in [-0.2, -0.15) is 17.5 Å². The van der Waals surface area contributed by atoms with Gasteiger partial charge in [-0.25, -0.2) is 12.8 Å². The molecule has 0 aliphatic heterocycles. The maximum Gasteiger partial charge on any atom is 0.409 e. The summed E-state index contributed by atoms with van der Waals surface area (Å²) >= 11 is 0. The summed E-state index contributed by atoms with van der Waals surface area (Å²) in [6.07, 6.45) is -3.94. The first-order valence-electron chi connectivity index (χ1n) is 7.91. The number of rotatable bonds is 5. The van der Waals surface area contributed by atoms with Crippen molar-refractivity contribution in [3.05, 3.63) is 63.8 Å². The van der Waals surface area contributed by atoms with Gasteiger partial charge in [-0.05, 0) is 30.2 Å². The summed E-state index contributed by atoms with van der Waals surface area (Å²) in [5.74, 6) is -0.737. The number of aromatic nitrogens is 1. The standard InChI is InChI=1S/C17H18F4N2O3S/c1-4-23(16(17(19,20)21)12-5-7-13(18)8-6-12)27(25,26)14-10-22(3)15(24)9-11(14)2/h5-10,16H,4H2,1-3H3. The van der Waals surface area contributed by atoms with Gasteiger partial charge >= 0.3 is 6.18 Å². The molecule has 1 atom stereocenters. The molecular weight excluding hydrogens is 388 g/mol. The van der Waals surface area contributed by atoms with Gasteiger partial charge in [0.15, 0.2) is 0 Å². The molecular formula is C17H18F4N2O3S. The van der Waals surface area contributed by atoms with E-state index in [0.717, 1.165) is 41.1 Å². The number of benzene rings is 1. The molecule has 0 saturated carbocycles. The first-order chi connectivity index (χ1) is 12.4. The molecule has 148 valence electrons. The highest BCUT2D eigenvalue weighted by Gasteiger charge is 2.49. The lowest BCUT2D eigenvalue weighted by Crippen LogP contribution is -2.42. The third kappa shape index (κ3) is 4.22. The fourth-order valence-electron chi connectivity index (χ4n) is 2.75. The SMILES string of the molecule is CCN(C(c1ccc(F)cc1)C(F)(F)F)S(=O)(=O)c1cn(C)c(=O)cc1C. The molecule has 1 aromatic heterocycles. The van der Waals surface area contributed by atoms with Crippen LogP contribution in [0.25, 0.3) is 0 Å². The second-order valence-corrected chi connectivity index (χ2v) is 7.83. The van der Waals surface area contributed by atoms with Crippen LogP contribution in [0.1, 0.15) is 24.1 Å². The molecule has 10 heteroatoms. The number of sulfonamides is 1. The number of pyridine rings is 1. The molecule has 0 aliphatic carbocycles. The van der Waals surface area contributed by atoms with Crippen LogP contribution in [0.4, 0.5) is 17.6 Å². The van der Waals surface area contributed by atoms with Crippen molar-refractivity contribution < 1.29 is 26.0 Å². The number of nitrogens with zero attached hydrogens (tertiary/aromatic N) is 2. The van der Waals surface area contributed by atoms with Gasteiger partial charge in [0.2, 0.25) is 10.0 Å². The van der Waals surface area contributed by atoms with Crippen LogP contribution in [0.15, 0.2) is 46.2 Å². The zero-order valence-corrected chi connectivity index (χ0v) is 15.6. The Morgan fingerprint density at radius 2 is 1.74 bits per heavy atom. The number of hydrogen-bond acceptors (Lipinski definition) is 3. The average Bonchev–Trinajstić information content (AvgIpc) is 2.55. The van der Waals surface area contributed by atoms with Crippen molar-refractivity contribution >= 4 is 10.0 Å². The first kappa shape index (κ1) is 21.1. The van der Waals surface area contributed by atoms with Crippen LogP contribution in [-0.4, -0.2) is 30.0 Å². The molecule has 0 fully saturated rings. The van der Waals surface area contributed by atoms with Crippen molar-refractivity contribution in [2.75, 3.05) is 6.54 Å². The molecule has 0 saturated heterocycles. The van der Waals surface area contributed by atoms with E-state index >= 15 is 0 Å². The van der Waals surface area contributed by atoms with Crippen LogP contribution in [0.3, 0.4) is 0 Å². The van der Waals surface area contributed by atoms with Crippen molar-refractivity contribution in [2.45, 2.75) is 31.0 Å². The van der Waals surface area contributed by atoms with Gasteiger partial charge < -0.3 is 4.57 Å². The Morgan fingerprint density at radius 1 is 1.19 bits per heavy atom. The maximum atomic E-state index is 13.8. The van der Waals surface area contributed by atoms with E-state index in [1.54, 1.807) is 0 Å². The number of aryl methyl sites for hydroxylation is 2. The van der Waals surface area contributed by atoms with E-state index in [-0.39, 0.29) is 5.56 Å². The Balaban J connectivity index is 2.68. The van der Waals surface area contributed by atoms with Gasteiger partial charge in [-0.15, -0.1) is 0 Å². The molecule has 0 N–H and O–H groups in total. The van der Waals surface area contributed by atoms with Crippen LogP contribution < -0.4 is 5.56 Å². The fourth-order valence-corrected chi connectivity index (χ4v) is 4.62. The lowest BCUT2D eigenvalue weighted by molar-refractivity contribution is -0.173. The predicted molar refractivity (Wildman–Crippen MR) is 91.2 cm³/mol. The highest BCUT2D eigenvalue weighted by atomic mass is 32.2. The molecule has 0 spiro atoms. The number of halogens is 4. The van der Waals surface area contributed by atoms with Gasteiger partial charge in [-0.1, -0.05) is 19.1 Å². The first-order valence-corrected chi connectivity index (χ1v) is 9.35. The van der Waals surface area contributed by atoms with Crippen LogP contribution in [0.5, 0.6) is 0 Å². The van der Waals surface area contributed by atoms with E-state index in [0.29, 0.717) is 4.31 Å². The molecule has 0 bridgehead atoms. The van der Waals surface area contributed by atoms with E-state index in [2.05, 4.69) is 0 Å². The Bertz CT molecular complexity index is 983. The normalized spacial score (nSPS) is 13.8. The summed E-state index contributed by atoms with van der Waals surface area (Å²) in [6.45, 7) is 2.13. The third-order valence-corrected chi connectivity index (χ3v) is 6.14. The van der Waals surface area contributed by atoms with Crippen molar-refractivity contribution in [3.8, 4) is 0 Å². The summed E-state index contributed by atoms with van der Waals surface area (Å²) < 4.78 is 81.8.